The number of ether oxygens (including phenoxy) is 2. The molecule has 5 atom stereocenters. The summed E-state index contributed by atoms with van der Waals surface area (Å²) in [5.74, 6) is 0.784. The van der Waals surface area contributed by atoms with Crippen molar-refractivity contribution in [3.63, 3.8) is 0 Å². The molecule has 2 saturated carbocycles. The van der Waals surface area contributed by atoms with Gasteiger partial charge in [-0.25, -0.2) is 0 Å². The van der Waals surface area contributed by atoms with Gasteiger partial charge in [-0.3, -0.25) is 14.4 Å². The van der Waals surface area contributed by atoms with Crippen molar-refractivity contribution in [1.82, 2.24) is 0 Å². The first kappa shape index (κ1) is 20.9. The van der Waals surface area contributed by atoms with E-state index in [9.17, 15) is 14.4 Å². The van der Waals surface area contributed by atoms with Crippen LogP contribution in [0.3, 0.4) is 0 Å². The number of hydrogen-bond acceptors (Lipinski definition) is 5. The molecule has 2 fully saturated rings. The third kappa shape index (κ3) is 3.96. The first-order chi connectivity index (χ1) is 12.2. The zero-order chi connectivity index (χ0) is 19.5. The molecule has 0 spiro atoms. The van der Waals surface area contributed by atoms with Gasteiger partial charge in [0.1, 0.15) is 5.78 Å². The monoisotopic (exact) mass is 366 g/mol. The van der Waals surface area contributed by atoms with Gasteiger partial charge in [-0.15, -0.1) is 0 Å². The lowest BCUT2D eigenvalue weighted by atomic mass is 9.49. The fourth-order valence-corrected chi connectivity index (χ4v) is 5.71. The molecule has 2 aliphatic carbocycles. The highest BCUT2D eigenvalue weighted by Gasteiger charge is 2.54. The Morgan fingerprint density at radius 2 is 1.65 bits per heavy atom. The molecule has 148 valence electrons. The van der Waals surface area contributed by atoms with Crippen molar-refractivity contribution in [2.75, 3.05) is 14.2 Å². The van der Waals surface area contributed by atoms with Gasteiger partial charge in [0, 0.05) is 18.3 Å². The predicted octanol–water partition coefficient (Wildman–Crippen LogP) is 3.93. The molecule has 0 saturated heterocycles. The third-order valence-corrected chi connectivity index (χ3v) is 7.34. The van der Waals surface area contributed by atoms with Gasteiger partial charge in [-0.05, 0) is 55.3 Å². The Bertz CT molecular complexity index is 557. The van der Waals surface area contributed by atoms with E-state index in [4.69, 9.17) is 9.47 Å². The maximum atomic E-state index is 12.5. The van der Waals surface area contributed by atoms with Crippen molar-refractivity contribution >= 4 is 17.7 Å². The van der Waals surface area contributed by atoms with E-state index < -0.39 is 0 Å². The minimum absolute atomic E-state index is 0.113. The van der Waals surface area contributed by atoms with E-state index in [1.807, 2.05) is 6.92 Å². The van der Waals surface area contributed by atoms with Crippen molar-refractivity contribution in [3.05, 3.63) is 0 Å². The van der Waals surface area contributed by atoms with Crippen LogP contribution in [0.2, 0.25) is 0 Å². The van der Waals surface area contributed by atoms with Crippen LogP contribution in [0, 0.1) is 28.6 Å². The number of ketones is 1. The molecule has 0 bridgehead atoms. The second-order valence-electron chi connectivity index (χ2n) is 8.76. The summed E-state index contributed by atoms with van der Waals surface area (Å²) < 4.78 is 9.86. The van der Waals surface area contributed by atoms with Crippen molar-refractivity contribution < 1.29 is 23.9 Å². The first-order valence-electron chi connectivity index (χ1n) is 9.87. The molecule has 0 N–H and O–H groups in total. The van der Waals surface area contributed by atoms with Crippen LogP contribution < -0.4 is 0 Å². The Kier molecular flexibility index (Phi) is 6.51. The molecule has 5 nitrogen and oxygen atoms in total. The summed E-state index contributed by atoms with van der Waals surface area (Å²) in [5.41, 5.74) is -0.530. The lowest BCUT2D eigenvalue weighted by molar-refractivity contribution is -0.156. The zero-order valence-corrected chi connectivity index (χ0v) is 16.9. The quantitative estimate of drug-likeness (QED) is 0.666. The number of fused-ring (bicyclic) bond motifs is 1. The molecule has 5 unspecified atom stereocenters. The molecule has 0 radical (unpaired) electrons. The van der Waals surface area contributed by atoms with Crippen LogP contribution in [0.15, 0.2) is 0 Å². The molecule has 26 heavy (non-hydrogen) atoms. The summed E-state index contributed by atoms with van der Waals surface area (Å²) in [6, 6.07) is 0. The SMILES string of the molecule is CCC(=O)C1(C)CCC2C(CCC(CC(=O)OC)C2(C)CC(=O)OC)C1. The van der Waals surface area contributed by atoms with Crippen LogP contribution in [-0.2, 0) is 23.9 Å². The largest absolute Gasteiger partial charge is 0.469 e. The van der Waals surface area contributed by atoms with Gasteiger partial charge in [0.25, 0.3) is 0 Å². The molecule has 0 amide bonds. The summed E-state index contributed by atoms with van der Waals surface area (Å²) in [6.07, 6.45) is 5.84. The molecular formula is C21H34O5. The van der Waals surface area contributed by atoms with E-state index in [0.717, 1.165) is 32.1 Å². The average Bonchev–Trinajstić information content (AvgIpc) is 2.62. The highest BCUT2D eigenvalue weighted by molar-refractivity contribution is 5.84. The fourth-order valence-electron chi connectivity index (χ4n) is 5.71. The standard InChI is InChI=1S/C21H34O5/c1-6-17(22)20(2)10-9-16-14(12-20)7-8-15(11-18(23)25-4)21(16,3)13-19(24)26-5/h14-16H,6-13H2,1-5H3. The molecule has 0 aromatic carbocycles. The van der Waals surface area contributed by atoms with Gasteiger partial charge in [0.05, 0.1) is 20.6 Å². The number of carbonyl (C=O) groups is 3. The van der Waals surface area contributed by atoms with Crippen LogP contribution in [-0.4, -0.2) is 31.9 Å². The van der Waals surface area contributed by atoms with Crippen molar-refractivity contribution in [2.45, 2.75) is 72.1 Å². The van der Waals surface area contributed by atoms with E-state index in [1.54, 1.807) is 0 Å². The van der Waals surface area contributed by atoms with Crippen molar-refractivity contribution in [3.8, 4) is 0 Å². The molecule has 0 aromatic rings. The normalized spacial score (nSPS) is 36.7. The van der Waals surface area contributed by atoms with Crippen LogP contribution in [0.4, 0.5) is 0 Å². The summed E-state index contributed by atoms with van der Waals surface area (Å²) in [6.45, 7) is 6.18. The Labute approximate surface area is 157 Å². The van der Waals surface area contributed by atoms with Gasteiger partial charge >= 0.3 is 11.9 Å². The molecular weight excluding hydrogens is 332 g/mol. The highest BCUT2D eigenvalue weighted by atomic mass is 16.5. The second-order valence-corrected chi connectivity index (χ2v) is 8.76. The van der Waals surface area contributed by atoms with Crippen molar-refractivity contribution in [1.29, 1.82) is 0 Å². The number of esters is 2. The van der Waals surface area contributed by atoms with Crippen LogP contribution in [0.5, 0.6) is 0 Å². The van der Waals surface area contributed by atoms with E-state index >= 15 is 0 Å². The lowest BCUT2D eigenvalue weighted by Gasteiger charge is -2.55. The smallest absolute Gasteiger partial charge is 0.306 e. The number of hydrogen-bond donors (Lipinski definition) is 0. The Hall–Kier alpha value is -1.39. The van der Waals surface area contributed by atoms with Crippen LogP contribution in [0.25, 0.3) is 0 Å². The van der Waals surface area contributed by atoms with Crippen LogP contribution in [0.1, 0.15) is 72.1 Å². The molecule has 0 aliphatic heterocycles. The van der Waals surface area contributed by atoms with E-state index in [2.05, 4.69) is 13.8 Å². The molecule has 2 aliphatic rings. The Morgan fingerprint density at radius 1 is 1.00 bits per heavy atom. The Morgan fingerprint density at radius 3 is 2.23 bits per heavy atom. The number of rotatable bonds is 6. The second kappa shape index (κ2) is 8.10. The van der Waals surface area contributed by atoms with Gasteiger partial charge in [0.2, 0.25) is 0 Å². The predicted molar refractivity (Wildman–Crippen MR) is 98.3 cm³/mol. The summed E-state index contributed by atoms with van der Waals surface area (Å²) in [4.78, 5) is 36.5. The Balaban J connectivity index is 2.27. The maximum absolute atomic E-state index is 12.5. The van der Waals surface area contributed by atoms with Gasteiger partial charge in [-0.1, -0.05) is 20.8 Å². The third-order valence-electron chi connectivity index (χ3n) is 7.34. The fraction of sp³-hybridized carbons (Fsp3) is 0.857. The number of methoxy groups -OCH3 is 2. The average molecular weight is 366 g/mol. The molecule has 0 heterocycles. The summed E-state index contributed by atoms with van der Waals surface area (Å²) in [7, 11) is 2.83. The lowest BCUT2D eigenvalue weighted by Crippen LogP contribution is -2.50. The van der Waals surface area contributed by atoms with E-state index in [1.165, 1.54) is 14.2 Å². The summed E-state index contributed by atoms with van der Waals surface area (Å²) >= 11 is 0. The maximum Gasteiger partial charge on any atom is 0.306 e. The van der Waals surface area contributed by atoms with Gasteiger partial charge < -0.3 is 9.47 Å². The molecule has 2 rings (SSSR count). The molecule has 5 heteroatoms. The minimum Gasteiger partial charge on any atom is -0.469 e. The van der Waals surface area contributed by atoms with Crippen LogP contribution >= 0.6 is 0 Å². The topological polar surface area (TPSA) is 69.7 Å². The summed E-state index contributed by atoms with van der Waals surface area (Å²) in [5, 5.41) is 0. The highest BCUT2D eigenvalue weighted by Crippen LogP contribution is 2.59. The van der Waals surface area contributed by atoms with E-state index in [0.29, 0.717) is 36.9 Å². The minimum atomic E-state index is -0.291. The molecule has 0 aromatic heterocycles. The number of carbonyl (C=O) groups excluding carboxylic acids is 3. The van der Waals surface area contributed by atoms with Gasteiger partial charge in [-0.2, -0.15) is 0 Å². The van der Waals surface area contributed by atoms with E-state index in [-0.39, 0.29) is 28.7 Å². The van der Waals surface area contributed by atoms with Gasteiger partial charge in [0.15, 0.2) is 0 Å². The first-order valence-corrected chi connectivity index (χ1v) is 9.87. The zero-order valence-electron chi connectivity index (χ0n) is 16.9. The van der Waals surface area contributed by atoms with Crippen molar-refractivity contribution in [2.24, 2.45) is 28.6 Å². The number of Topliss-reactive ketones (excluding diaryl/α,β-unsaturated/α-hetero) is 1.